The first kappa shape index (κ1) is 19.2. The minimum absolute atomic E-state index is 0.0862. The molecule has 2 heterocycles. The third-order valence-corrected chi connectivity index (χ3v) is 5.57. The maximum atomic E-state index is 12.8. The van der Waals surface area contributed by atoms with Crippen molar-refractivity contribution in [1.82, 2.24) is 19.5 Å². The van der Waals surface area contributed by atoms with Crippen LogP contribution in [0.5, 0.6) is 0 Å². The van der Waals surface area contributed by atoms with Crippen LogP contribution in [0.4, 0.5) is 0 Å². The van der Waals surface area contributed by atoms with Crippen molar-refractivity contribution in [3.8, 4) is 0 Å². The number of imidazole rings is 1. The lowest BCUT2D eigenvalue weighted by molar-refractivity contribution is 0.102. The predicted molar refractivity (Wildman–Crippen MR) is 115 cm³/mol. The van der Waals surface area contributed by atoms with Crippen LogP contribution in [0.3, 0.4) is 0 Å². The molecule has 0 spiro atoms. The number of nitrogens with one attached hydrogen (secondary N) is 2. The van der Waals surface area contributed by atoms with Crippen LogP contribution in [0.25, 0.3) is 21.9 Å². The molecule has 0 unspecified atom stereocenters. The maximum Gasteiger partial charge on any atom is 0.323 e. The number of hydrogen-bond donors (Lipinski definition) is 2. The average molecular weight is 427 g/mol. The van der Waals surface area contributed by atoms with E-state index in [0.717, 1.165) is 0 Å². The number of Topliss-reactive ketones (excluding diaryl/α,β-unsaturated/α-hetero) is 1. The first-order valence-corrected chi connectivity index (χ1v) is 10.0. The van der Waals surface area contributed by atoms with E-state index in [1.54, 1.807) is 42.5 Å². The molecular weight excluding hydrogens is 412 g/mol. The first-order valence-electron chi connectivity index (χ1n) is 8.65. The molecule has 2 N–H and O–H groups in total. The predicted octanol–water partition coefficient (Wildman–Crippen LogP) is 3.38. The molecule has 29 heavy (non-hydrogen) atoms. The number of allylic oxidation sites excluding steroid dienone is 1. The number of fused-ring (bicyclic) bond motifs is 2. The van der Waals surface area contributed by atoms with Gasteiger partial charge in [0.05, 0.1) is 27.7 Å². The molecule has 0 saturated heterocycles. The highest BCUT2D eigenvalue weighted by molar-refractivity contribution is 7.99. The fourth-order valence-electron chi connectivity index (χ4n) is 2.99. The Kier molecular flexibility index (Phi) is 5.12. The smallest absolute Gasteiger partial charge is 0.306 e. The fraction of sp³-hybridized carbons (Fsp3) is 0.100. The molecular formula is C20H15ClN4O3S. The SMILES string of the molecule is C=CCn1c(SCC(=O)c2ccc3[nH]c(=O)[nH]c3c2)nc2ccc(Cl)cc2c1=O. The molecule has 0 bridgehead atoms. The zero-order valence-electron chi connectivity index (χ0n) is 15.1. The van der Waals surface area contributed by atoms with Gasteiger partial charge in [-0.05, 0) is 36.4 Å². The first-order chi connectivity index (χ1) is 14.0. The van der Waals surface area contributed by atoms with Gasteiger partial charge < -0.3 is 9.97 Å². The molecule has 2 aromatic heterocycles. The minimum atomic E-state index is -0.326. The number of rotatable bonds is 6. The summed E-state index contributed by atoms with van der Waals surface area (Å²) in [5, 5.41) is 1.29. The number of benzene rings is 2. The summed E-state index contributed by atoms with van der Waals surface area (Å²) < 4.78 is 1.47. The number of halogens is 1. The molecule has 0 atom stereocenters. The Hall–Kier alpha value is -3.10. The van der Waals surface area contributed by atoms with Gasteiger partial charge in [-0.3, -0.25) is 14.2 Å². The summed E-state index contributed by atoms with van der Waals surface area (Å²) in [5.74, 6) is -0.0578. The van der Waals surface area contributed by atoms with Gasteiger partial charge >= 0.3 is 5.69 Å². The zero-order chi connectivity index (χ0) is 20.5. The summed E-state index contributed by atoms with van der Waals surface area (Å²) in [6.45, 7) is 3.95. The second kappa shape index (κ2) is 7.73. The van der Waals surface area contributed by atoms with Crippen LogP contribution in [0.15, 0.2) is 63.8 Å². The quantitative estimate of drug-likeness (QED) is 0.213. The van der Waals surface area contributed by atoms with Gasteiger partial charge in [0, 0.05) is 17.1 Å². The van der Waals surface area contributed by atoms with E-state index >= 15 is 0 Å². The molecule has 4 rings (SSSR count). The molecule has 7 nitrogen and oxygen atoms in total. The highest BCUT2D eigenvalue weighted by Gasteiger charge is 2.14. The Morgan fingerprint density at radius 1 is 1.17 bits per heavy atom. The van der Waals surface area contributed by atoms with Crippen molar-refractivity contribution in [2.45, 2.75) is 11.7 Å². The molecule has 9 heteroatoms. The van der Waals surface area contributed by atoms with Gasteiger partial charge in [-0.15, -0.1) is 6.58 Å². The number of ketones is 1. The third kappa shape index (κ3) is 3.76. The van der Waals surface area contributed by atoms with E-state index in [4.69, 9.17) is 11.6 Å². The number of aromatic amines is 2. The van der Waals surface area contributed by atoms with Crippen LogP contribution in [0, 0.1) is 0 Å². The lowest BCUT2D eigenvalue weighted by Gasteiger charge is -2.11. The summed E-state index contributed by atoms with van der Waals surface area (Å²) in [4.78, 5) is 46.7. The molecule has 0 aliphatic rings. The molecule has 0 aliphatic carbocycles. The van der Waals surface area contributed by atoms with E-state index in [2.05, 4.69) is 21.5 Å². The Labute approximate surface area is 173 Å². The molecule has 4 aromatic rings. The fourth-order valence-corrected chi connectivity index (χ4v) is 4.07. The number of thioether (sulfide) groups is 1. The molecule has 0 fully saturated rings. The number of nitrogens with zero attached hydrogens (tertiary/aromatic N) is 2. The molecule has 2 aromatic carbocycles. The highest BCUT2D eigenvalue weighted by Crippen LogP contribution is 2.22. The van der Waals surface area contributed by atoms with Crippen LogP contribution in [0.2, 0.25) is 5.02 Å². The number of H-pyrrole nitrogens is 2. The summed E-state index contributed by atoms with van der Waals surface area (Å²) in [6, 6.07) is 9.89. The number of aromatic nitrogens is 4. The van der Waals surface area contributed by atoms with Crippen molar-refractivity contribution in [3.05, 3.63) is 80.5 Å². The summed E-state index contributed by atoms with van der Waals surface area (Å²) in [6.07, 6.45) is 1.60. The Morgan fingerprint density at radius 2 is 1.97 bits per heavy atom. The minimum Gasteiger partial charge on any atom is -0.306 e. The van der Waals surface area contributed by atoms with Crippen LogP contribution in [0.1, 0.15) is 10.4 Å². The van der Waals surface area contributed by atoms with Gasteiger partial charge in [-0.2, -0.15) is 0 Å². The van der Waals surface area contributed by atoms with Gasteiger partial charge in [-0.25, -0.2) is 9.78 Å². The van der Waals surface area contributed by atoms with Gasteiger partial charge in [0.25, 0.3) is 5.56 Å². The van der Waals surface area contributed by atoms with Gasteiger partial charge in [-0.1, -0.05) is 29.4 Å². The van der Waals surface area contributed by atoms with Crippen LogP contribution >= 0.6 is 23.4 Å². The lowest BCUT2D eigenvalue weighted by atomic mass is 10.1. The van der Waals surface area contributed by atoms with Crippen molar-refractivity contribution in [2.75, 3.05) is 5.75 Å². The molecule has 0 aliphatic heterocycles. The third-order valence-electron chi connectivity index (χ3n) is 4.36. The van der Waals surface area contributed by atoms with Crippen molar-refractivity contribution in [3.63, 3.8) is 0 Å². The van der Waals surface area contributed by atoms with E-state index in [-0.39, 0.29) is 29.3 Å². The molecule has 0 amide bonds. The van der Waals surface area contributed by atoms with Crippen LogP contribution in [-0.4, -0.2) is 31.1 Å². The number of carbonyl (C=O) groups is 1. The van der Waals surface area contributed by atoms with Crippen molar-refractivity contribution in [1.29, 1.82) is 0 Å². The van der Waals surface area contributed by atoms with E-state index in [1.807, 2.05) is 0 Å². The highest BCUT2D eigenvalue weighted by atomic mass is 35.5. The topological polar surface area (TPSA) is 101 Å². The van der Waals surface area contributed by atoms with Gasteiger partial charge in [0.2, 0.25) is 0 Å². The van der Waals surface area contributed by atoms with E-state index in [1.165, 1.54) is 16.3 Å². The summed E-state index contributed by atoms with van der Waals surface area (Å²) in [7, 11) is 0. The molecule has 0 saturated carbocycles. The maximum absolute atomic E-state index is 12.8. The molecule has 146 valence electrons. The van der Waals surface area contributed by atoms with Gasteiger partial charge in [0.15, 0.2) is 10.9 Å². The van der Waals surface area contributed by atoms with Crippen molar-refractivity contribution >= 4 is 51.1 Å². The number of carbonyl (C=O) groups excluding carboxylic acids is 1. The van der Waals surface area contributed by atoms with Crippen molar-refractivity contribution in [2.24, 2.45) is 0 Å². The lowest BCUT2D eigenvalue weighted by Crippen LogP contribution is -2.23. The summed E-state index contributed by atoms with van der Waals surface area (Å²) >= 11 is 7.18. The molecule has 0 radical (unpaired) electrons. The monoisotopic (exact) mass is 426 g/mol. The summed E-state index contributed by atoms with van der Waals surface area (Å²) in [5.41, 5.74) is 1.61. The van der Waals surface area contributed by atoms with Crippen molar-refractivity contribution < 1.29 is 4.79 Å². The van der Waals surface area contributed by atoms with Gasteiger partial charge in [0.1, 0.15) is 0 Å². The van der Waals surface area contributed by atoms with E-state index in [0.29, 0.717) is 37.7 Å². The average Bonchev–Trinajstić information content (AvgIpc) is 3.08. The largest absolute Gasteiger partial charge is 0.323 e. The van der Waals surface area contributed by atoms with E-state index in [9.17, 15) is 14.4 Å². The van der Waals surface area contributed by atoms with Crippen LogP contribution < -0.4 is 11.2 Å². The number of hydrogen-bond acceptors (Lipinski definition) is 5. The zero-order valence-corrected chi connectivity index (χ0v) is 16.6. The van der Waals surface area contributed by atoms with E-state index < -0.39 is 0 Å². The Morgan fingerprint density at radius 3 is 2.76 bits per heavy atom. The normalized spacial score (nSPS) is 11.2. The Balaban J connectivity index is 1.65. The van der Waals surface area contributed by atoms with Crippen LogP contribution in [-0.2, 0) is 6.54 Å². The second-order valence-electron chi connectivity index (χ2n) is 6.31. The standard InChI is InChI=1S/C20H15ClN4O3S/c1-2-7-25-18(27)13-9-12(21)4-6-14(13)24-20(25)29-10-17(26)11-3-5-15-16(8-11)23-19(28)22-15/h2-6,8-9H,1,7,10H2,(H2,22,23,28). The Bertz CT molecular complexity index is 1390. The second-order valence-corrected chi connectivity index (χ2v) is 7.69.